The van der Waals surface area contributed by atoms with E-state index in [0.29, 0.717) is 13.1 Å². The second-order valence-corrected chi connectivity index (χ2v) is 8.24. The van der Waals surface area contributed by atoms with Crippen molar-refractivity contribution >= 4 is 34.3 Å². The monoisotopic (exact) mass is 409 g/mol. The SMILES string of the molecule is Cc1cnc(Nc2nccnc2C2CCN(C(=O)C=Cc3ccnn3C)CC2)s1. The van der Waals surface area contributed by atoms with Crippen LogP contribution in [0, 0.1) is 6.92 Å². The highest BCUT2D eigenvalue weighted by atomic mass is 32.1. The molecule has 0 aromatic carbocycles. The summed E-state index contributed by atoms with van der Waals surface area (Å²) in [7, 11) is 1.86. The molecule has 1 saturated heterocycles. The van der Waals surface area contributed by atoms with Gasteiger partial charge in [-0.2, -0.15) is 5.10 Å². The summed E-state index contributed by atoms with van der Waals surface area (Å²) in [6.45, 7) is 3.42. The topological polar surface area (TPSA) is 88.8 Å². The molecule has 3 aromatic heterocycles. The van der Waals surface area contributed by atoms with Crippen molar-refractivity contribution in [1.29, 1.82) is 0 Å². The Morgan fingerprint density at radius 3 is 2.69 bits per heavy atom. The summed E-state index contributed by atoms with van der Waals surface area (Å²) in [5.74, 6) is 1.04. The zero-order chi connectivity index (χ0) is 20.2. The van der Waals surface area contributed by atoms with Gasteiger partial charge in [-0.05, 0) is 31.9 Å². The molecular weight excluding hydrogens is 386 g/mol. The van der Waals surface area contributed by atoms with Crippen LogP contribution in [0.15, 0.2) is 36.9 Å². The number of aromatic nitrogens is 5. The van der Waals surface area contributed by atoms with Crippen LogP contribution in [0.4, 0.5) is 10.9 Å². The minimum Gasteiger partial charge on any atom is -0.339 e. The van der Waals surface area contributed by atoms with Crippen molar-refractivity contribution in [1.82, 2.24) is 29.6 Å². The fourth-order valence-corrected chi connectivity index (χ4v) is 4.10. The molecule has 1 aliphatic rings. The number of anilines is 2. The molecule has 0 radical (unpaired) electrons. The Bertz CT molecular complexity index is 1020. The van der Waals surface area contributed by atoms with Crippen molar-refractivity contribution in [2.45, 2.75) is 25.7 Å². The summed E-state index contributed by atoms with van der Waals surface area (Å²) in [5.41, 5.74) is 1.85. The van der Waals surface area contributed by atoms with Crippen LogP contribution in [0.1, 0.15) is 35.0 Å². The van der Waals surface area contributed by atoms with E-state index in [0.717, 1.165) is 40.1 Å². The second kappa shape index (κ2) is 8.52. The number of likely N-dealkylation sites (tertiary alicyclic amines) is 1. The van der Waals surface area contributed by atoms with Crippen LogP contribution < -0.4 is 5.32 Å². The lowest BCUT2D eigenvalue weighted by atomic mass is 9.93. The molecular formula is C20H23N7OS. The van der Waals surface area contributed by atoms with Gasteiger partial charge < -0.3 is 10.2 Å². The Kier molecular flexibility index (Phi) is 5.66. The Balaban J connectivity index is 1.39. The summed E-state index contributed by atoms with van der Waals surface area (Å²) in [6, 6.07) is 1.88. The molecule has 1 amide bonds. The van der Waals surface area contributed by atoms with Gasteiger partial charge in [0.2, 0.25) is 5.91 Å². The number of amides is 1. The number of piperidine rings is 1. The number of hydrogen-bond donors (Lipinski definition) is 1. The number of nitrogens with zero attached hydrogens (tertiary/aromatic N) is 6. The van der Waals surface area contributed by atoms with E-state index in [4.69, 9.17) is 0 Å². The third-order valence-corrected chi connectivity index (χ3v) is 5.85. The molecule has 1 fully saturated rings. The molecule has 1 aliphatic heterocycles. The third-order valence-electron chi connectivity index (χ3n) is 5.02. The van der Waals surface area contributed by atoms with Crippen molar-refractivity contribution in [3.05, 3.63) is 53.2 Å². The summed E-state index contributed by atoms with van der Waals surface area (Å²) >= 11 is 1.59. The van der Waals surface area contributed by atoms with Gasteiger partial charge in [0.15, 0.2) is 10.9 Å². The molecule has 0 unspecified atom stereocenters. The van der Waals surface area contributed by atoms with Gasteiger partial charge in [-0.15, -0.1) is 11.3 Å². The number of carbonyl (C=O) groups is 1. The van der Waals surface area contributed by atoms with Crippen molar-refractivity contribution < 1.29 is 4.79 Å². The van der Waals surface area contributed by atoms with E-state index < -0.39 is 0 Å². The lowest BCUT2D eigenvalue weighted by Gasteiger charge is -2.31. The summed E-state index contributed by atoms with van der Waals surface area (Å²) < 4.78 is 1.74. The molecule has 9 heteroatoms. The average Bonchev–Trinajstić information content (AvgIpc) is 3.34. The fraction of sp³-hybridized carbons (Fsp3) is 0.350. The van der Waals surface area contributed by atoms with Gasteiger partial charge >= 0.3 is 0 Å². The van der Waals surface area contributed by atoms with Gasteiger partial charge in [-0.25, -0.2) is 9.97 Å². The predicted molar refractivity (Wildman–Crippen MR) is 113 cm³/mol. The van der Waals surface area contributed by atoms with E-state index in [1.54, 1.807) is 40.7 Å². The standard InChI is InChI=1S/C20H23N7OS/c1-14-13-23-20(29-14)25-19-18(21-9-10-22-19)15-6-11-27(12-7-15)17(28)4-3-16-5-8-24-26(16)2/h3-5,8-10,13,15H,6-7,11-12H2,1-2H3,(H,22,23,25). The minimum absolute atomic E-state index is 0.0282. The second-order valence-electron chi connectivity index (χ2n) is 7.00. The maximum atomic E-state index is 12.5. The van der Waals surface area contributed by atoms with Crippen molar-refractivity contribution in [2.24, 2.45) is 7.05 Å². The molecule has 0 atom stereocenters. The Morgan fingerprint density at radius 2 is 2.00 bits per heavy atom. The predicted octanol–water partition coefficient (Wildman–Crippen LogP) is 3.14. The average molecular weight is 410 g/mol. The van der Waals surface area contributed by atoms with Crippen LogP contribution in [0.25, 0.3) is 6.08 Å². The lowest BCUT2D eigenvalue weighted by Crippen LogP contribution is -2.37. The van der Waals surface area contributed by atoms with E-state index >= 15 is 0 Å². The van der Waals surface area contributed by atoms with Crippen LogP contribution >= 0.6 is 11.3 Å². The maximum Gasteiger partial charge on any atom is 0.246 e. The minimum atomic E-state index is 0.0282. The normalized spacial score (nSPS) is 15.2. The summed E-state index contributed by atoms with van der Waals surface area (Å²) in [6.07, 6.45) is 12.1. The van der Waals surface area contributed by atoms with Crippen LogP contribution in [-0.4, -0.2) is 48.6 Å². The summed E-state index contributed by atoms with van der Waals surface area (Å²) in [4.78, 5) is 29.0. The lowest BCUT2D eigenvalue weighted by molar-refractivity contribution is -0.126. The Labute approximate surface area is 173 Å². The molecule has 4 rings (SSSR count). The first kappa shape index (κ1) is 19.3. The molecule has 29 heavy (non-hydrogen) atoms. The van der Waals surface area contributed by atoms with Crippen molar-refractivity contribution in [3.63, 3.8) is 0 Å². The molecule has 150 valence electrons. The molecule has 0 aliphatic carbocycles. The molecule has 0 saturated carbocycles. The van der Waals surface area contributed by atoms with Gasteiger partial charge in [0, 0.05) is 61.8 Å². The highest BCUT2D eigenvalue weighted by Gasteiger charge is 2.26. The van der Waals surface area contributed by atoms with Gasteiger partial charge in [0.05, 0.1) is 11.4 Å². The zero-order valence-corrected chi connectivity index (χ0v) is 17.3. The Morgan fingerprint density at radius 1 is 1.21 bits per heavy atom. The molecule has 4 heterocycles. The first-order valence-corrected chi connectivity index (χ1v) is 10.4. The quantitative estimate of drug-likeness (QED) is 0.651. The molecule has 3 aromatic rings. The first-order chi connectivity index (χ1) is 14.1. The molecule has 0 spiro atoms. The number of nitrogens with one attached hydrogen (secondary N) is 1. The van der Waals surface area contributed by atoms with Crippen molar-refractivity contribution in [3.8, 4) is 0 Å². The number of aryl methyl sites for hydroxylation is 2. The van der Waals surface area contributed by atoms with Crippen molar-refractivity contribution in [2.75, 3.05) is 18.4 Å². The van der Waals surface area contributed by atoms with Gasteiger partial charge in [0.1, 0.15) is 0 Å². The van der Waals surface area contributed by atoms with Gasteiger partial charge in [-0.1, -0.05) is 0 Å². The zero-order valence-electron chi connectivity index (χ0n) is 16.4. The van der Waals surface area contributed by atoms with Crippen LogP contribution in [0.5, 0.6) is 0 Å². The van der Waals surface area contributed by atoms with E-state index in [9.17, 15) is 4.79 Å². The van der Waals surface area contributed by atoms with Crippen LogP contribution in [0.2, 0.25) is 0 Å². The highest BCUT2D eigenvalue weighted by Crippen LogP contribution is 2.32. The highest BCUT2D eigenvalue weighted by molar-refractivity contribution is 7.15. The molecule has 1 N–H and O–H groups in total. The maximum absolute atomic E-state index is 12.5. The van der Waals surface area contributed by atoms with E-state index in [1.807, 2.05) is 37.2 Å². The largest absolute Gasteiger partial charge is 0.339 e. The van der Waals surface area contributed by atoms with E-state index in [2.05, 4.69) is 25.4 Å². The van der Waals surface area contributed by atoms with Crippen LogP contribution in [0.3, 0.4) is 0 Å². The third kappa shape index (κ3) is 4.51. The molecule has 0 bridgehead atoms. The smallest absolute Gasteiger partial charge is 0.246 e. The van der Waals surface area contributed by atoms with Gasteiger partial charge in [-0.3, -0.25) is 14.5 Å². The van der Waals surface area contributed by atoms with E-state index in [-0.39, 0.29) is 11.8 Å². The Hall–Kier alpha value is -3.07. The number of thiazole rings is 1. The van der Waals surface area contributed by atoms with E-state index in [1.165, 1.54) is 0 Å². The number of rotatable bonds is 5. The molecule has 8 nitrogen and oxygen atoms in total. The summed E-state index contributed by atoms with van der Waals surface area (Å²) in [5, 5.41) is 8.22. The van der Waals surface area contributed by atoms with Gasteiger partial charge in [0.25, 0.3) is 0 Å². The first-order valence-electron chi connectivity index (χ1n) is 9.55. The number of hydrogen-bond acceptors (Lipinski definition) is 7. The number of carbonyl (C=O) groups excluding carboxylic acids is 1. The van der Waals surface area contributed by atoms with Crippen LogP contribution in [-0.2, 0) is 11.8 Å². The fourth-order valence-electron chi connectivity index (χ4n) is 3.44.